The number of benzene rings is 1. The molecule has 5 N–H and O–H groups in total. The van der Waals surface area contributed by atoms with Crippen LogP contribution in [0.4, 0.5) is 11.5 Å². The summed E-state index contributed by atoms with van der Waals surface area (Å²) in [5.74, 6) is 0.724. The number of nitrogens with two attached hydrogens (primary N) is 2. The minimum atomic E-state index is -0.578. The number of ether oxygens (including phenoxy) is 1. The summed E-state index contributed by atoms with van der Waals surface area (Å²) < 4.78 is 5.57. The maximum absolute atomic E-state index is 11.1. The number of amides is 1. The standard InChI is InChI=1S/C15H18N4O2/c16-12-7-8-13(14(17)20)19-15(12)18-9-4-10-21-11-5-2-1-3-6-11/h1-3,5-8H,4,9-10,16H2,(H2,17,20)(H,18,19). The van der Waals surface area contributed by atoms with E-state index in [1.54, 1.807) is 6.07 Å². The van der Waals surface area contributed by atoms with Gasteiger partial charge in [0.05, 0.1) is 12.3 Å². The Hall–Kier alpha value is -2.76. The predicted octanol–water partition coefficient (Wildman–Crippen LogP) is 1.64. The van der Waals surface area contributed by atoms with Crippen molar-refractivity contribution in [2.75, 3.05) is 24.2 Å². The molecule has 0 aliphatic rings. The molecule has 110 valence electrons. The van der Waals surface area contributed by atoms with Crippen molar-refractivity contribution in [2.24, 2.45) is 5.73 Å². The molecule has 1 amide bonds. The maximum atomic E-state index is 11.1. The number of nitrogens with zero attached hydrogens (tertiary/aromatic N) is 1. The number of carbonyl (C=O) groups is 1. The third kappa shape index (κ3) is 4.38. The van der Waals surface area contributed by atoms with Crippen LogP contribution >= 0.6 is 0 Å². The number of nitrogens with one attached hydrogen (secondary N) is 1. The average molecular weight is 286 g/mol. The topological polar surface area (TPSA) is 103 Å². The molecule has 1 aromatic heterocycles. The normalized spacial score (nSPS) is 10.1. The third-order valence-electron chi connectivity index (χ3n) is 2.80. The highest BCUT2D eigenvalue weighted by Crippen LogP contribution is 2.15. The van der Waals surface area contributed by atoms with E-state index in [-0.39, 0.29) is 5.69 Å². The summed E-state index contributed by atoms with van der Waals surface area (Å²) in [5, 5.41) is 3.07. The van der Waals surface area contributed by atoms with Crippen LogP contribution in [0.25, 0.3) is 0 Å². The largest absolute Gasteiger partial charge is 0.494 e. The lowest BCUT2D eigenvalue weighted by atomic mass is 10.3. The van der Waals surface area contributed by atoms with Crippen LogP contribution < -0.4 is 21.5 Å². The van der Waals surface area contributed by atoms with Gasteiger partial charge in [-0.05, 0) is 30.7 Å². The molecule has 0 radical (unpaired) electrons. The third-order valence-corrected chi connectivity index (χ3v) is 2.80. The number of primary amides is 1. The number of nitrogen functional groups attached to an aromatic ring is 1. The van der Waals surface area contributed by atoms with Crippen molar-refractivity contribution in [3.63, 3.8) is 0 Å². The fourth-order valence-corrected chi connectivity index (χ4v) is 1.73. The highest BCUT2D eigenvalue weighted by atomic mass is 16.5. The first-order valence-corrected chi connectivity index (χ1v) is 6.65. The Balaban J connectivity index is 1.78. The van der Waals surface area contributed by atoms with Crippen LogP contribution in [0.2, 0.25) is 0 Å². The quantitative estimate of drug-likeness (QED) is 0.671. The van der Waals surface area contributed by atoms with E-state index in [0.717, 1.165) is 12.2 Å². The number of carbonyl (C=O) groups excluding carboxylic acids is 1. The van der Waals surface area contributed by atoms with Gasteiger partial charge in [-0.1, -0.05) is 18.2 Å². The predicted molar refractivity (Wildman–Crippen MR) is 82.2 cm³/mol. The molecule has 0 atom stereocenters. The van der Waals surface area contributed by atoms with Crippen LogP contribution in [-0.2, 0) is 0 Å². The fraction of sp³-hybridized carbons (Fsp3) is 0.200. The van der Waals surface area contributed by atoms with Gasteiger partial charge in [0.25, 0.3) is 5.91 Å². The van der Waals surface area contributed by atoms with Gasteiger partial charge in [-0.3, -0.25) is 4.79 Å². The molecule has 0 aliphatic carbocycles. The lowest BCUT2D eigenvalue weighted by Gasteiger charge is -2.10. The molecule has 6 nitrogen and oxygen atoms in total. The summed E-state index contributed by atoms with van der Waals surface area (Å²) >= 11 is 0. The van der Waals surface area contributed by atoms with Gasteiger partial charge in [0.2, 0.25) is 0 Å². The second-order valence-corrected chi connectivity index (χ2v) is 4.44. The molecule has 1 heterocycles. The van der Waals surface area contributed by atoms with Crippen LogP contribution in [0.1, 0.15) is 16.9 Å². The first kappa shape index (κ1) is 14.6. The summed E-state index contributed by atoms with van der Waals surface area (Å²) in [6.45, 7) is 1.21. The van der Waals surface area contributed by atoms with Crippen molar-refractivity contribution in [1.29, 1.82) is 0 Å². The van der Waals surface area contributed by atoms with E-state index in [1.807, 2.05) is 30.3 Å². The van der Waals surface area contributed by atoms with Crippen molar-refractivity contribution in [3.05, 3.63) is 48.2 Å². The Morgan fingerprint density at radius 3 is 2.67 bits per heavy atom. The minimum Gasteiger partial charge on any atom is -0.494 e. The summed E-state index contributed by atoms with van der Waals surface area (Å²) in [6.07, 6.45) is 0.775. The summed E-state index contributed by atoms with van der Waals surface area (Å²) in [4.78, 5) is 15.1. The summed E-state index contributed by atoms with van der Waals surface area (Å²) in [6, 6.07) is 12.7. The highest BCUT2D eigenvalue weighted by Gasteiger charge is 2.06. The second kappa shape index (κ2) is 7.14. The van der Waals surface area contributed by atoms with E-state index < -0.39 is 5.91 Å². The van der Waals surface area contributed by atoms with Crippen LogP contribution in [-0.4, -0.2) is 24.0 Å². The van der Waals surface area contributed by atoms with Gasteiger partial charge in [0.15, 0.2) is 0 Å². The van der Waals surface area contributed by atoms with E-state index in [0.29, 0.717) is 24.7 Å². The fourth-order valence-electron chi connectivity index (χ4n) is 1.73. The van der Waals surface area contributed by atoms with Crippen LogP contribution in [0, 0.1) is 0 Å². The first-order valence-electron chi connectivity index (χ1n) is 6.65. The molecule has 0 spiro atoms. The Bertz CT molecular complexity index is 602. The van der Waals surface area contributed by atoms with Crippen LogP contribution in [0.15, 0.2) is 42.5 Å². The van der Waals surface area contributed by atoms with Gasteiger partial charge in [-0.2, -0.15) is 0 Å². The lowest BCUT2D eigenvalue weighted by Crippen LogP contribution is -2.16. The van der Waals surface area contributed by atoms with Gasteiger partial charge in [0, 0.05) is 6.54 Å². The highest BCUT2D eigenvalue weighted by molar-refractivity contribution is 5.91. The van der Waals surface area contributed by atoms with E-state index in [1.165, 1.54) is 6.07 Å². The number of rotatable bonds is 7. The van der Waals surface area contributed by atoms with Crippen molar-refractivity contribution in [3.8, 4) is 5.75 Å². The van der Waals surface area contributed by atoms with Gasteiger partial charge in [-0.25, -0.2) is 4.98 Å². The van der Waals surface area contributed by atoms with Gasteiger partial charge < -0.3 is 21.5 Å². The molecule has 2 rings (SSSR count). The van der Waals surface area contributed by atoms with Crippen molar-refractivity contribution < 1.29 is 9.53 Å². The molecule has 0 aliphatic heterocycles. The Morgan fingerprint density at radius 2 is 1.95 bits per heavy atom. The molecule has 21 heavy (non-hydrogen) atoms. The zero-order chi connectivity index (χ0) is 15.1. The molecule has 0 saturated heterocycles. The zero-order valence-corrected chi connectivity index (χ0v) is 11.6. The van der Waals surface area contributed by atoms with E-state index in [4.69, 9.17) is 16.2 Å². The van der Waals surface area contributed by atoms with E-state index in [9.17, 15) is 4.79 Å². The molecule has 2 aromatic rings. The monoisotopic (exact) mass is 286 g/mol. The van der Waals surface area contributed by atoms with E-state index in [2.05, 4.69) is 10.3 Å². The molecule has 0 saturated carbocycles. The maximum Gasteiger partial charge on any atom is 0.267 e. The second-order valence-electron chi connectivity index (χ2n) is 4.44. The van der Waals surface area contributed by atoms with Crippen molar-refractivity contribution >= 4 is 17.4 Å². The number of para-hydroxylation sites is 1. The Labute approximate surface area is 123 Å². The molecule has 1 aromatic carbocycles. The van der Waals surface area contributed by atoms with Crippen LogP contribution in [0.3, 0.4) is 0 Å². The molecule has 0 bridgehead atoms. The Morgan fingerprint density at radius 1 is 1.19 bits per heavy atom. The number of hydrogen-bond acceptors (Lipinski definition) is 5. The number of pyridine rings is 1. The van der Waals surface area contributed by atoms with E-state index >= 15 is 0 Å². The number of hydrogen-bond donors (Lipinski definition) is 3. The molecular formula is C15H18N4O2. The zero-order valence-electron chi connectivity index (χ0n) is 11.6. The summed E-state index contributed by atoms with van der Waals surface area (Å²) in [7, 11) is 0. The molecule has 6 heteroatoms. The van der Waals surface area contributed by atoms with Crippen LogP contribution in [0.5, 0.6) is 5.75 Å². The lowest BCUT2D eigenvalue weighted by molar-refractivity contribution is 0.0995. The molecule has 0 fully saturated rings. The minimum absolute atomic E-state index is 0.187. The molecule has 0 unspecified atom stereocenters. The van der Waals surface area contributed by atoms with Gasteiger partial charge >= 0.3 is 0 Å². The van der Waals surface area contributed by atoms with Crippen molar-refractivity contribution in [1.82, 2.24) is 4.98 Å². The van der Waals surface area contributed by atoms with Gasteiger partial charge in [-0.15, -0.1) is 0 Å². The average Bonchev–Trinajstić information content (AvgIpc) is 2.49. The number of aromatic nitrogens is 1. The van der Waals surface area contributed by atoms with Gasteiger partial charge in [0.1, 0.15) is 17.3 Å². The first-order chi connectivity index (χ1) is 10.2. The summed E-state index contributed by atoms with van der Waals surface area (Å²) in [5.41, 5.74) is 11.6. The molecular weight excluding hydrogens is 268 g/mol. The smallest absolute Gasteiger partial charge is 0.267 e. The SMILES string of the molecule is NC(=O)c1ccc(N)c(NCCCOc2ccccc2)n1. The number of anilines is 2. The Kier molecular flexibility index (Phi) is 4.98. The van der Waals surface area contributed by atoms with Crippen molar-refractivity contribution in [2.45, 2.75) is 6.42 Å².